The van der Waals surface area contributed by atoms with Gasteiger partial charge in [-0.2, -0.15) is 0 Å². The van der Waals surface area contributed by atoms with E-state index in [1.165, 1.54) is 11.8 Å². The Hall–Kier alpha value is -3.35. The molecule has 2 aliphatic heterocycles. The average molecular weight is 457 g/mol. The number of thioether (sulfide) groups is 1. The number of hydrogen-bond acceptors (Lipinski definition) is 5. The van der Waals surface area contributed by atoms with Gasteiger partial charge in [0.25, 0.3) is 5.91 Å². The number of nitrogens with zero attached hydrogens (tertiary/aromatic N) is 2. The van der Waals surface area contributed by atoms with Crippen LogP contribution in [-0.4, -0.2) is 16.8 Å². The lowest BCUT2D eigenvalue weighted by molar-refractivity contribution is -0.113. The largest absolute Gasteiger partial charge is 0.439 e. The number of allylic oxidation sites excluding steroid dienone is 2. The van der Waals surface area contributed by atoms with E-state index in [2.05, 4.69) is 36.1 Å². The van der Waals surface area contributed by atoms with E-state index >= 15 is 0 Å². The SMILES string of the molecule is CCN1/C(=C/C=C2/SC(=S)N(c3ccccc3)C2=O)Oc2ccc(-c3ccccc3)cc21. The number of anilines is 2. The van der Waals surface area contributed by atoms with Gasteiger partial charge in [-0.3, -0.25) is 9.69 Å². The van der Waals surface area contributed by atoms with Crippen molar-refractivity contribution in [2.45, 2.75) is 6.92 Å². The molecule has 0 aromatic heterocycles. The number of amides is 1. The van der Waals surface area contributed by atoms with E-state index in [0.717, 1.165) is 34.8 Å². The maximum Gasteiger partial charge on any atom is 0.270 e. The average Bonchev–Trinajstić information content (AvgIpc) is 3.33. The van der Waals surface area contributed by atoms with Crippen molar-refractivity contribution in [1.82, 2.24) is 0 Å². The number of thiocarbonyl (C=S) groups is 1. The fraction of sp³-hybridized carbons (Fsp3) is 0.0769. The summed E-state index contributed by atoms with van der Waals surface area (Å²) >= 11 is 6.76. The molecule has 3 aromatic carbocycles. The maximum atomic E-state index is 13.0. The van der Waals surface area contributed by atoms with Crippen molar-refractivity contribution in [3.8, 4) is 16.9 Å². The number of carbonyl (C=O) groups is 1. The van der Waals surface area contributed by atoms with Gasteiger partial charge in [-0.1, -0.05) is 78.6 Å². The lowest BCUT2D eigenvalue weighted by Crippen LogP contribution is -2.27. The summed E-state index contributed by atoms with van der Waals surface area (Å²) in [6.45, 7) is 2.83. The molecule has 2 aliphatic rings. The van der Waals surface area contributed by atoms with Crippen molar-refractivity contribution in [1.29, 1.82) is 0 Å². The van der Waals surface area contributed by atoms with Crippen LogP contribution >= 0.6 is 24.0 Å². The van der Waals surface area contributed by atoms with Crippen LogP contribution < -0.4 is 14.5 Å². The molecule has 1 fully saturated rings. The Labute approximate surface area is 196 Å². The first-order valence-electron chi connectivity index (χ1n) is 10.3. The summed E-state index contributed by atoms with van der Waals surface area (Å²) in [5.74, 6) is 1.38. The first-order valence-corrected chi connectivity index (χ1v) is 11.6. The van der Waals surface area contributed by atoms with E-state index in [1.54, 1.807) is 11.0 Å². The summed E-state index contributed by atoms with van der Waals surface area (Å²) < 4.78 is 6.64. The van der Waals surface area contributed by atoms with Crippen molar-refractivity contribution < 1.29 is 9.53 Å². The molecule has 0 N–H and O–H groups in total. The van der Waals surface area contributed by atoms with E-state index in [4.69, 9.17) is 17.0 Å². The van der Waals surface area contributed by atoms with Crippen molar-refractivity contribution in [3.63, 3.8) is 0 Å². The van der Waals surface area contributed by atoms with E-state index in [9.17, 15) is 4.79 Å². The molecule has 0 unspecified atom stereocenters. The molecule has 1 amide bonds. The molecule has 2 heterocycles. The lowest BCUT2D eigenvalue weighted by Gasteiger charge is -2.16. The van der Waals surface area contributed by atoms with E-state index < -0.39 is 0 Å². The second-order valence-electron chi connectivity index (χ2n) is 7.27. The van der Waals surface area contributed by atoms with Gasteiger partial charge in [-0.05, 0) is 48.4 Å². The maximum absolute atomic E-state index is 13.0. The van der Waals surface area contributed by atoms with Crippen LogP contribution in [0.4, 0.5) is 11.4 Å². The highest BCUT2D eigenvalue weighted by atomic mass is 32.2. The molecule has 6 heteroatoms. The van der Waals surface area contributed by atoms with Crippen LogP contribution in [0.15, 0.2) is 102 Å². The summed E-state index contributed by atoms with van der Waals surface area (Å²) in [6, 6.07) is 25.9. The third kappa shape index (κ3) is 3.72. The molecule has 0 spiro atoms. The Morgan fingerprint density at radius 1 is 0.938 bits per heavy atom. The van der Waals surface area contributed by atoms with Gasteiger partial charge in [0.1, 0.15) is 0 Å². The number of benzene rings is 3. The number of ether oxygens (including phenoxy) is 1. The Balaban J connectivity index is 1.42. The molecule has 0 atom stereocenters. The highest BCUT2D eigenvalue weighted by molar-refractivity contribution is 8.27. The van der Waals surface area contributed by atoms with E-state index in [0.29, 0.717) is 15.1 Å². The smallest absolute Gasteiger partial charge is 0.270 e. The van der Waals surface area contributed by atoms with Crippen LogP contribution in [0.25, 0.3) is 11.1 Å². The van der Waals surface area contributed by atoms with E-state index in [-0.39, 0.29) is 5.91 Å². The fourth-order valence-electron chi connectivity index (χ4n) is 3.79. The van der Waals surface area contributed by atoms with Gasteiger partial charge in [-0.25, -0.2) is 0 Å². The van der Waals surface area contributed by atoms with Crippen molar-refractivity contribution in [3.05, 3.63) is 102 Å². The van der Waals surface area contributed by atoms with Crippen LogP contribution in [0, 0.1) is 0 Å². The monoisotopic (exact) mass is 456 g/mol. The summed E-state index contributed by atoms with van der Waals surface area (Å²) in [6.07, 6.45) is 3.65. The predicted octanol–water partition coefficient (Wildman–Crippen LogP) is 6.36. The zero-order valence-electron chi connectivity index (χ0n) is 17.4. The minimum absolute atomic E-state index is 0.118. The summed E-state index contributed by atoms with van der Waals surface area (Å²) in [5, 5.41) is 0. The lowest BCUT2D eigenvalue weighted by atomic mass is 10.0. The number of carbonyl (C=O) groups excluding carboxylic acids is 1. The Morgan fingerprint density at radius 2 is 1.66 bits per heavy atom. The zero-order chi connectivity index (χ0) is 22.1. The Bertz CT molecular complexity index is 1250. The molecular weight excluding hydrogens is 436 g/mol. The van der Waals surface area contributed by atoms with Crippen LogP contribution in [0.5, 0.6) is 5.75 Å². The number of para-hydroxylation sites is 1. The minimum Gasteiger partial charge on any atom is -0.439 e. The molecule has 32 heavy (non-hydrogen) atoms. The fourth-order valence-corrected chi connectivity index (χ4v) is 5.03. The molecule has 0 radical (unpaired) electrons. The van der Waals surface area contributed by atoms with Crippen molar-refractivity contribution in [2.75, 3.05) is 16.3 Å². The topological polar surface area (TPSA) is 32.8 Å². The summed E-state index contributed by atoms with van der Waals surface area (Å²) in [7, 11) is 0. The molecule has 0 bridgehead atoms. The molecular formula is C26H20N2O2S2. The van der Waals surface area contributed by atoms with E-state index in [1.807, 2.05) is 60.7 Å². The van der Waals surface area contributed by atoms with Crippen LogP contribution in [0.1, 0.15) is 6.92 Å². The predicted molar refractivity (Wildman–Crippen MR) is 136 cm³/mol. The van der Waals surface area contributed by atoms with Crippen LogP contribution in [-0.2, 0) is 4.79 Å². The standard InChI is InChI=1S/C26H20N2O2S2/c1-2-27-21-17-19(18-9-5-3-6-10-18)13-14-22(21)30-24(27)16-15-23-25(29)28(26(31)32-23)20-11-7-4-8-12-20/h3-17H,2H2,1H3/b23-15+,24-16-. The first kappa shape index (κ1) is 20.5. The van der Waals surface area contributed by atoms with Gasteiger partial charge in [0, 0.05) is 12.6 Å². The number of hydrogen-bond donors (Lipinski definition) is 0. The van der Waals surface area contributed by atoms with Gasteiger partial charge in [0.05, 0.1) is 16.3 Å². The van der Waals surface area contributed by atoms with Crippen molar-refractivity contribution in [2.24, 2.45) is 0 Å². The van der Waals surface area contributed by atoms with Crippen LogP contribution in [0.3, 0.4) is 0 Å². The molecule has 0 aliphatic carbocycles. The van der Waals surface area contributed by atoms with Crippen molar-refractivity contribution >= 4 is 45.6 Å². The summed E-state index contributed by atoms with van der Waals surface area (Å²) in [5.41, 5.74) is 4.09. The third-order valence-electron chi connectivity index (χ3n) is 5.34. The van der Waals surface area contributed by atoms with Crippen LogP contribution in [0.2, 0.25) is 0 Å². The van der Waals surface area contributed by atoms with Gasteiger partial charge in [-0.15, -0.1) is 0 Å². The molecule has 5 rings (SSSR count). The van der Waals surface area contributed by atoms with Gasteiger partial charge in [0.15, 0.2) is 10.1 Å². The molecule has 1 saturated heterocycles. The second-order valence-corrected chi connectivity index (χ2v) is 8.95. The molecule has 0 saturated carbocycles. The van der Waals surface area contributed by atoms with Gasteiger partial charge >= 0.3 is 0 Å². The minimum atomic E-state index is -0.118. The van der Waals surface area contributed by atoms with Gasteiger partial charge in [0.2, 0.25) is 5.88 Å². The Morgan fingerprint density at radius 3 is 2.38 bits per heavy atom. The third-order valence-corrected chi connectivity index (χ3v) is 6.66. The Kier molecular flexibility index (Phi) is 5.55. The molecule has 4 nitrogen and oxygen atoms in total. The first-order chi connectivity index (χ1) is 15.7. The number of rotatable bonds is 4. The van der Waals surface area contributed by atoms with Gasteiger partial charge < -0.3 is 9.64 Å². The highest BCUT2D eigenvalue weighted by Gasteiger charge is 2.33. The summed E-state index contributed by atoms with van der Waals surface area (Å²) in [4.78, 5) is 17.2. The second kappa shape index (κ2) is 8.65. The normalized spacial score (nSPS) is 17.9. The highest BCUT2D eigenvalue weighted by Crippen LogP contribution is 2.42. The molecule has 3 aromatic rings. The zero-order valence-corrected chi connectivity index (χ0v) is 19.0. The quantitative estimate of drug-likeness (QED) is 0.337. The number of fused-ring (bicyclic) bond motifs is 1. The molecule has 158 valence electrons.